The van der Waals surface area contributed by atoms with E-state index in [4.69, 9.17) is 4.74 Å². The van der Waals surface area contributed by atoms with Crippen LogP contribution in [-0.4, -0.2) is 31.3 Å². The third kappa shape index (κ3) is 3.00. The largest absolute Gasteiger partial charge is 0.493 e. The van der Waals surface area contributed by atoms with Gasteiger partial charge in [-0.1, -0.05) is 0 Å². The van der Waals surface area contributed by atoms with Gasteiger partial charge in [0.05, 0.1) is 12.0 Å². The van der Waals surface area contributed by atoms with Crippen molar-refractivity contribution in [2.75, 3.05) is 25.1 Å². The van der Waals surface area contributed by atoms with Crippen LogP contribution in [0.25, 0.3) is 0 Å². The zero-order chi connectivity index (χ0) is 14.0. The maximum atomic E-state index is 11.2. The number of carboxylic acids is 1. The molecule has 104 valence electrons. The normalized spacial score (nSPS) is 14.5. The SMILES string of the molecule is CN(CC(C)(C)C(=O)O)c1ccc2c(c1)CCCO2. The van der Waals surface area contributed by atoms with E-state index < -0.39 is 11.4 Å². The minimum absolute atomic E-state index is 0.474. The van der Waals surface area contributed by atoms with Crippen LogP contribution in [0.3, 0.4) is 0 Å². The number of fused-ring (bicyclic) bond motifs is 1. The van der Waals surface area contributed by atoms with E-state index in [-0.39, 0.29) is 0 Å². The molecule has 0 aromatic heterocycles. The van der Waals surface area contributed by atoms with Crippen LogP contribution in [0.15, 0.2) is 18.2 Å². The summed E-state index contributed by atoms with van der Waals surface area (Å²) < 4.78 is 5.58. The van der Waals surface area contributed by atoms with E-state index in [1.54, 1.807) is 13.8 Å². The van der Waals surface area contributed by atoms with Crippen molar-refractivity contribution < 1.29 is 14.6 Å². The molecule has 0 atom stereocenters. The highest BCUT2D eigenvalue weighted by Crippen LogP contribution is 2.30. The Morgan fingerprint density at radius 2 is 2.21 bits per heavy atom. The molecule has 1 aromatic rings. The zero-order valence-corrected chi connectivity index (χ0v) is 11.8. The highest BCUT2D eigenvalue weighted by Gasteiger charge is 2.29. The fraction of sp³-hybridized carbons (Fsp3) is 0.533. The highest BCUT2D eigenvalue weighted by atomic mass is 16.5. The number of hydrogen-bond acceptors (Lipinski definition) is 3. The molecule has 1 N–H and O–H groups in total. The minimum atomic E-state index is -0.777. The molecule has 0 unspecified atom stereocenters. The molecule has 4 heteroatoms. The number of carbonyl (C=O) groups is 1. The predicted octanol–water partition coefficient (Wildman–Crippen LogP) is 2.56. The quantitative estimate of drug-likeness (QED) is 0.907. The molecule has 1 aliphatic rings. The molecule has 0 bridgehead atoms. The van der Waals surface area contributed by atoms with Crippen molar-refractivity contribution in [3.63, 3.8) is 0 Å². The summed E-state index contributed by atoms with van der Waals surface area (Å²) in [7, 11) is 1.93. The molecule has 0 amide bonds. The molecule has 19 heavy (non-hydrogen) atoms. The van der Waals surface area contributed by atoms with E-state index in [0.29, 0.717) is 6.54 Å². The van der Waals surface area contributed by atoms with Gasteiger partial charge >= 0.3 is 5.97 Å². The van der Waals surface area contributed by atoms with Crippen molar-refractivity contribution in [2.24, 2.45) is 5.41 Å². The van der Waals surface area contributed by atoms with E-state index in [9.17, 15) is 9.90 Å². The van der Waals surface area contributed by atoms with E-state index in [1.165, 1.54) is 5.56 Å². The maximum Gasteiger partial charge on any atom is 0.310 e. The van der Waals surface area contributed by atoms with Crippen LogP contribution >= 0.6 is 0 Å². The Balaban J connectivity index is 2.15. The molecule has 1 heterocycles. The fourth-order valence-corrected chi connectivity index (χ4v) is 2.34. The van der Waals surface area contributed by atoms with E-state index in [2.05, 4.69) is 6.07 Å². The van der Waals surface area contributed by atoms with Gasteiger partial charge in [-0.2, -0.15) is 0 Å². The first kappa shape index (κ1) is 13.7. The lowest BCUT2D eigenvalue weighted by molar-refractivity contribution is -0.146. The third-order valence-electron chi connectivity index (χ3n) is 3.54. The topological polar surface area (TPSA) is 49.8 Å². The summed E-state index contributed by atoms with van der Waals surface area (Å²) in [4.78, 5) is 13.2. The van der Waals surface area contributed by atoms with Crippen LogP contribution in [0.5, 0.6) is 5.75 Å². The van der Waals surface area contributed by atoms with Gasteiger partial charge in [0, 0.05) is 19.3 Å². The van der Waals surface area contributed by atoms with Crippen LogP contribution in [-0.2, 0) is 11.2 Å². The van der Waals surface area contributed by atoms with Gasteiger partial charge in [0.15, 0.2) is 0 Å². The summed E-state index contributed by atoms with van der Waals surface area (Å²) in [6.45, 7) is 4.75. The number of carboxylic acid groups (broad SMARTS) is 1. The summed E-state index contributed by atoms with van der Waals surface area (Å²) in [6.07, 6.45) is 2.07. The molecule has 1 aliphatic heterocycles. The lowest BCUT2D eigenvalue weighted by Gasteiger charge is -2.29. The Bertz CT molecular complexity index is 482. The zero-order valence-electron chi connectivity index (χ0n) is 11.8. The smallest absolute Gasteiger partial charge is 0.310 e. The Morgan fingerprint density at radius 3 is 2.89 bits per heavy atom. The standard InChI is InChI=1S/C15H21NO3/c1-15(2,14(17)18)10-16(3)12-6-7-13-11(9-12)5-4-8-19-13/h6-7,9H,4-5,8,10H2,1-3H3,(H,17,18). The number of aryl methyl sites for hydroxylation is 1. The number of anilines is 1. The first-order chi connectivity index (χ1) is 8.90. The molecule has 0 spiro atoms. The van der Waals surface area contributed by atoms with Gasteiger partial charge in [0.2, 0.25) is 0 Å². The second-order valence-corrected chi connectivity index (χ2v) is 5.79. The second kappa shape index (κ2) is 5.11. The molecule has 0 saturated carbocycles. The number of nitrogens with zero attached hydrogens (tertiary/aromatic N) is 1. The lowest BCUT2D eigenvalue weighted by Crippen LogP contribution is -2.37. The molecule has 0 radical (unpaired) electrons. The van der Waals surface area contributed by atoms with Crippen molar-refractivity contribution in [2.45, 2.75) is 26.7 Å². The first-order valence-electron chi connectivity index (χ1n) is 6.60. The number of benzene rings is 1. The summed E-state index contributed by atoms with van der Waals surface area (Å²) in [5.41, 5.74) is 1.49. The Kier molecular flexibility index (Phi) is 3.69. The van der Waals surface area contributed by atoms with Crippen LogP contribution in [0, 0.1) is 5.41 Å². The average molecular weight is 263 g/mol. The molecular weight excluding hydrogens is 242 g/mol. The fourth-order valence-electron chi connectivity index (χ4n) is 2.34. The van der Waals surface area contributed by atoms with Crippen molar-refractivity contribution in [3.05, 3.63) is 23.8 Å². The van der Waals surface area contributed by atoms with Gasteiger partial charge < -0.3 is 14.7 Å². The van der Waals surface area contributed by atoms with E-state index in [0.717, 1.165) is 30.9 Å². The van der Waals surface area contributed by atoms with Crippen LogP contribution in [0.4, 0.5) is 5.69 Å². The van der Waals surface area contributed by atoms with Gasteiger partial charge in [0.1, 0.15) is 5.75 Å². The van der Waals surface area contributed by atoms with Crippen molar-refractivity contribution in [1.29, 1.82) is 0 Å². The Hall–Kier alpha value is -1.71. The Morgan fingerprint density at radius 1 is 1.47 bits per heavy atom. The van der Waals surface area contributed by atoms with Gasteiger partial charge in [-0.15, -0.1) is 0 Å². The van der Waals surface area contributed by atoms with E-state index >= 15 is 0 Å². The summed E-state index contributed by atoms with van der Waals surface area (Å²) in [5, 5.41) is 9.18. The van der Waals surface area contributed by atoms with E-state index in [1.807, 2.05) is 24.1 Å². The predicted molar refractivity (Wildman–Crippen MR) is 74.9 cm³/mol. The maximum absolute atomic E-state index is 11.2. The summed E-state index contributed by atoms with van der Waals surface area (Å²) >= 11 is 0. The van der Waals surface area contributed by atoms with Crippen LogP contribution in [0.2, 0.25) is 0 Å². The Labute approximate surface area is 114 Å². The molecule has 2 rings (SSSR count). The molecule has 1 aromatic carbocycles. The molecule has 0 saturated heterocycles. The number of hydrogen-bond donors (Lipinski definition) is 1. The monoisotopic (exact) mass is 263 g/mol. The number of aliphatic carboxylic acids is 1. The number of rotatable bonds is 4. The van der Waals surface area contributed by atoms with Crippen molar-refractivity contribution in [1.82, 2.24) is 0 Å². The van der Waals surface area contributed by atoms with Gasteiger partial charge in [-0.05, 0) is 50.5 Å². The second-order valence-electron chi connectivity index (χ2n) is 5.79. The molecule has 0 aliphatic carbocycles. The van der Waals surface area contributed by atoms with Crippen LogP contribution in [0.1, 0.15) is 25.8 Å². The summed E-state index contributed by atoms with van der Waals surface area (Å²) in [5.74, 6) is 0.182. The summed E-state index contributed by atoms with van der Waals surface area (Å²) in [6, 6.07) is 6.07. The van der Waals surface area contributed by atoms with Crippen LogP contribution < -0.4 is 9.64 Å². The average Bonchev–Trinajstić information content (AvgIpc) is 2.37. The lowest BCUT2D eigenvalue weighted by atomic mass is 9.93. The molecule has 4 nitrogen and oxygen atoms in total. The van der Waals surface area contributed by atoms with Gasteiger partial charge in [-0.3, -0.25) is 4.79 Å². The highest BCUT2D eigenvalue weighted by molar-refractivity contribution is 5.74. The van der Waals surface area contributed by atoms with Crippen molar-refractivity contribution in [3.8, 4) is 5.75 Å². The number of ether oxygens (including phenoxy) is 1. The van der Waals surface area contributed by atoms with Crippen molar-refractivity contribution >= 4 is 11.7 Å². The molecular formula is C15H21NO3. The first-order valence-corrected chi connectivity index (χ1v) is 6.60. The molecule has 0 fully saturated rings. The van der Waals surface area contributed by atoms with Gasteiger partial charge in [0.25, 0.3) is 0 Å². The van der Waals surface area contributed by atoms with Gasteiger partial charge in [-0.25, -0.2) is 0 Å². The third-order valence-corrected chi connectivity index (χ3v) is 3.54. The minimum Gasteiger partial charge on any atom is -0.493 e.